The topological polar surface area (TPSA) is 70.1 Å². The van der Waals surface area contributed by atoms with Gasteiger partial charge in [0.25, 0.3) is 5.56 Å². The van der Waals surface area contributed by atoms with Crippen LogP contribution in [-0.4, -0.2) is 22.8 Å². The molecule has 0 saturated carbocycles. The Morgan fingerprint density at radius 3 is 2.95 bits per heavy atom. The molecule has 19 heavy (non-hydrogen) atoms. The molecule has 1 heterocycles. The summed E-state index contributed by atoms with van der Waals surface area (Å²) in [6.07, 6.45) is 1.56. The number of anilines is 1. The molecule has 2 rings (SSSR count). The standard InChI is InChI=1S/C14H19N3O2/c1-10(2)8-19-6-5-17-9-16-13-4-3-11(15)7-12(13)14(17)18/h3-4,7,9-10H,5-6,8,15H2,1-2H3. The molecule has 102 valence electrons. The fraction of sp³-hybridized carbons (Fsp3) is 0.429. The molecule has 1 aromatic heterocycles. The van der Waals surface area contributed by atoms with Crippen LogP contribution in [0.5, 0.6) is 0 Å². The number of hydrogen-bond donors (Lipinski definition) is 1. The molecule has 0 aliphatic rings. The maximum absolute atomic E-state index is 12.2. The molecule has 5 heteroatoms. The van der Waals surface area contributed by atoms with Crippen molar-refractivity contribution in [3.8, 4) is 0 Å². The van der Waals surface area contributed by atoms with Crippen molar-refractivity contribution in [3.05, 3.63) is 34.9 Å². The highest BCUT2D eigenvalue weighted by atomic mass is 16.5. The first kappa shape index (κ1) is 13.5. The maximum Gasteiger partial charge on any atom is 0.261 e. The Morgan fingerprint density at radius 1 is 1.42 bits per heavy atom. The first-order valence-corrected chi connectivity index (χ1v) is 6.40. The van der Waals surface area contributed by atoms with E-state index in [0.29, 0.717) is 42.3 Å². The molecule has 0 atom stereocenters. The second-order valence-electron chi connectivity index (χ2n) is 4.99. The quantitative estimate of drug-likeness (QED) is 0.656. The number of aromatic nitrogens is 2. The average molecular weight is 261 g/mol. The van der Waals surface area contributed by atoms with E-state index in [4.69, 9.17) is 10.5 Å². The van der Waals surface area contributed by atoms with Crippen molar-refractivity contribution in [1.82, 2.24) is 9.55 Å². The van der Waals surface area contributed by atoms with Crippen LogP contribution in [0.2, 0.25) is 0 Å². The summed E-state index contributed by atoms with van der Waals surface area (Å²) in [6, 6.07) is 5.16. The normalized spacial score (nSPS) is 11.3. The molecule has 0 amide bonds. The lowest BCUT2D eigenvalue weighted by Crippen LogP contribution is -2.23. The Morgan fingerprint density at radius 2 is 2.21 bits per heavy atom. The predicted octanol–water partition coefficient (Wildman–Crippen LogP) is 1.65. The van der Waals surface area contributed by atoms with Gasteiger partial charge in [0.05, 0.1) is 30.4 Å². The van der Waals surface area contributed by atoms with E-state index in [1.165, 1.54) is 0 Å². The SMILES string of the molecule is CC(C)COCCn1cnc2ccc(N)cc2c1=O. The van der Waals surface area contributed by atoms with Crippen molar-refractivity contribution in [2.45, 2.75) is 20.4 Å². The molecule has 0 aliphatic heterocycles. The molecule has 5 nitrogen and oxygen atoms in total. The number of hydrogen-bond acceptors (Lipinski definition) is 4. The first-order valence-electron chi connectivity index (χ1n) is 6.40. The summed E-state index contributed by atoms with van der Waals surface area (Å²) in [5.74, 6) is 0.492. The second-order valence-corrected chi connectivity index (χ2v) is 4.99. The van der Waals surface area contributed by atoms with Gasteiger partial charge >= 0.3 is 0 Å². The zero-order chi connectivity index (χ0) is 13.8. The van der Waals surface area contributed by atoms with Gasteiger partial charge in [-0.25, -0.2) is 4.98 Å². The lowest BCUT2D eigenvalue weighted by molar-refractivity contribution is 0.102. The minimum absolute atomic E-state index is 0.0783. The molecule has 2 N–H and O–H groups in total. The maximum atomic E-state index is 12.2. The summed E-state index contributed by atoms with van der Waals surface area (Å²) >= 11 is 0. The third kappa shape index (κ3) is 3.32. The monoisotopic (exact) mass is 261 g/mol. The van der Waals surface area contributed by atoms with Gasteiger partial charge in [-0.2, -0.15) is 0 Å². The Labute approximate surface area is 112 Å². The van der Waals surface area contributed by atoms with Crippen LogP contribution in [0.3, 0.4) is 0 Å². The molecular formula is C14H19N3O2. The Hall–Kier alpha value is -1.88. The van der Waals surface area contributed by atoms with Crippen LogP contribution in [0, 0.1) is 5.92 Å². The summed E-state index contributed by atoms with van der Waals surface area (Å²) < 4.78 is 7.04. The average Bonchev–Trinajstić information content (AvgIpc) is 2.37. The number of fused-ring (bicyclic) bond motifs is 1. The zero-order valence-electron chi connectivity index (χ0n) is 11.3. The van der Waals surface area contributed by atoms with E-state index in [2.05, 4.69) is 18.8 Å². The van der Waals surface area contributed by atoms with E-state index < -0.39 is 0 Å². The molecule has 0 saturated heterocycles. The van der Waals surface area contributed by atoms with Crippen LogP contribution in [0.1, 0.15) is 13.8 Å². The van der Waals surface area contributed by atoms with Crippen LogP contribution in [-0.2, 0) is 11.3 Å². The summed E-state index contributed by atoms with van der Waals surface area (Å²) in [4.78, 5) is 16.5. The minimum Gasteiger partial charge on any atom is -0.399 e. The number of nitrogens with zero attached hydrogens (tertiary/aromatic N) is 2. The van der Waals surface area contributed by atoms with E-state index in [1.807, 2.05) is 0 Å². The van der Waals surface area contributed by atoms with Crippen LogP contribution in [0.4, 0.5) is 5.69 Å². The summed E-state index contributed by atoms with van der Waals surface area (Å²) in [5, 5.41) is 0.548. The van der Waals surface area contributed by atoms with Crippen LogP contribution >= 0.6 is 0 Å². The van der Waals surface area contributed by atoms with Gasteiger partial charge in [-0.1, -0.05) is 13.8 Å². The molecule has 0 radical (unpaired) electrons. The van der Waals surface area contributed by atoms with Crippen molar-refractivity contribution in [3.63, 3.8) is 0 Å². The highest BCUT2D eigenvalue weighted by Gasteiger charge is 2.04. The Kier molecular flexibility index (Phi) is 4.16. The molecule has 0 aliphatic carbocycles. The molecule has 0 spiro atoms. The molecule has 0 unspecified atom stereocenters. The summed E-state index contributed by atoms with van der Waals surface area (Å²) in [7, 11) is 0. The highest BCUT2D eigenvalue weighted by molar-refractivity contribution is 5.80. The fourth-order valence-electron chi connectivity index (χ4n) is 1.82. The van der Waals surface area contributed by atoms with Gasteiger partial charge in [-0.15, -0.1) is 0 Å². The van der Waals surface area contributed by atoms with Crippen molar-refractivity contribution in [1.29, 1.82) is 0 Å². The van der Waals surface area contributed by atoms with Crippen LogP contribution in [0.25, 0.3) is 10.9 Å². The van der Waals surface area contributed by atoms with Gasteiger partial charge in [-0.05, 0) is 24.1 Å². The summed E-state index contributed by atoms with van der Waals surface area (Å²) in [5.41, 5.74) is 6.85. The lowest BCUT2D eigenvalue weighted by Gasteiger charge is -2.09. The fourth-order valence-corrected chi connectivity index (χ4v) is 1.82. The smallest absolute Gasteiger partial charge is 0.261 e. The Balaban J connectivity index is 2.16. The second kappa shape index (κ2) is 5.84. The van der Waals surface area contributed by atoms with Crippen molar-refractivity contribution < 1.29 is 4.74 Å². The largest absolute Gasteiger partial charge is 0.399 e. The predicted molar refractivity (Wildman–Crippen MR) is 76.1 cm³/mol. The third-order valence-corrected chi connectivity index (χ3v) is 2.78. The first-order chi connectivity index (χ1) is 9.08. The van der Waals surface area contributed by atoms with Gasteiger partial charge in [0.2, 0.25) is 0 Å². The third-order valence-electron chi connectivity index (χ3n) is 2.78. The highest BCUT2D eigenvalue weighted by Crippen LogP contribution is 2.10. The van der Waals surface area contributed by atoms with Gasteiger partial charge < -0.3 is 10.5 Å². The molecule has 2 aromatic rings. The van der Waals surface area contributed by atoms with Crippen molar-refractivity contribution in [2.24, 2.45) is 5.92 Å². The van der Waals surface area contributed by atoms with Crippen molar-refractivity contribution in [2.75, 3.05) is 18.9 Å². The van der Waals surface area contributed by atoms with E-state index >= 15 is 0 Å². The van der Waals surface area contributed by atoms with Crippen molar-refractivity contribution >= 4 is 16.6 Å². The molecule has 0 fully saturated rings. The molecule has 1 aromatic carbocycles. The van der Waals surface area contributed by atoms with Crippen LogP contribution < -0.4 is 11.3 Å². The number of nitrogens with two attached hydrogens (primary N) is 1. The van der Waals surface area contributed by atoms with E-state index in [1.54, 1.807) is 29.1 Å². The van der Waals surface area contributed by atoms with E-state index in [9.17, 15) is 4.79 Å². The molecule has 0 bridgehead atoms. The lowest BCUT2D eigenvalue weighted by atomic mass is 10.2. The number of benzene rings is 1. The molecular weight excluding hydrogens is 242 g/mol. The van der Waals surface area contributed by atoms with Gasteiger partial charge in [0.1, 0.15) is 0 Å². The number of nitrogen functional groups attached to an aromatic ring is 1. The van der Waals surface area contributed by atoms with E-state index in [0.717, 1.165) is 0 Å². The Bertz CT molecular complexity index is 620. The van der Waals surface area contributed by atoms with Gasteiger partial charge in [0, 0.05) is 12.3 Å². The zero-order valence-corrected chi connectivity index (χ0v) is 11.3. The summed E-state index contributed by atoms with van der Waals surface area (Å²) in [6.45, 7) is 5.89. The number of ether oxygens (including phenoxy) is 1. The number of rotatable bonds is 5. The van der Waals surface area contributed by atoms with Gasteiger partial charge in [0.15, 0.2) is 0 Å². The van der Waals surface area contributed by atoms with Gasteiger partial charge in [-0.3, -0.25) is 9.36 Å². The van der Waals surface area contributed by atoms with E-state index in [-0.39, 0.29) is 5.56 Å². The van der Waals surface area contributed by atoms with Crippen LogP contribution in [0.15, 0.2) is 29.3 Å². The minimum atomic E-state index is -0.0783.